The predicted octanol–water partition coefficient (Wildman–Crippen LogP) is 4.37. The molecule has 0 N–H and O–H groups in total. The van der Waals surface area contributed by atoms with E-state index < -0.39 is 18.7 Å². The molecule has 0 spiro atoms. The molecule has 1 heterocycles. The summed E-state index contributed by atoms with van der Waals surface area (Å²) in [5.41, 5.74) is 2.70. The van der Waals surface area contributed by atoms with Crippen LogP contribution in [0.3, 0.4) is 0 Å². The Balaban J connectivity index is 2.36. The molecular weight excluding hydrogens is 306 g/mol. The van der Waals surface area contributed by atoms with Crippen molar-refractivity contribution in [3.63, 3.8) is 0 Å². The van der Waals surface area contributed by atoms with Crippen molar-refractivity contribution in [2.45, 2.75) is 0 Å². The van der Waals surface area contributed by atoms with Crippen molar-refractivity contribution in [2.24, 2.45) is 0 Å². The van der Waals surface area contributed by atoms with Crippen LogP contribution in [0.4, 0.5) is 0 Å². The molecule has 0 amide bonds. The molecule has 0 unspecified atom stereocenters. The van der Waals surface area contributed by atoms with E-state index in [-0.39, 0.29) is 0 Å². The molecule has 14 heavy (non-hydrogen) atoms. The standard InChI is InChI=1S/C12H8ClI/c13-14-11-7-3-1-5-9(11)10-6-2-4-8-12(10)14/h1-8H. The molecule has 2 aromatic carbocycles. The summed E-state index contributed by atoms with van der Waals surface area (Å²) in [5, 5.41) is 0. The summed E-state index contributed by atoms with van der Waals surface area (Å²) >= 11 is -1.55. The molecule has 0 aliphatic carbocycles. The zero-order valence-electron chi connectivity index (χ0n) is 7.37. The van der Waals surface area contributed by atoms with Gasteiger partial charge in [0, 0.05) is 0 Å². The zero-order chi connectivity index (χ0) is 9.54. The molecule has 0 bridgehead atoms. The SMILES string of the molecule is ClI1c2ccccc2-c2ccccc21. The Morgan fingerprint density at radius 2 is 1.14 bits per heavy atom. The Bertz CT molecular complexity index is 448. The van der Waals surface area contributed by atoms with E-state index in [1.807, 2.05) is 0 Å². The van der Waals surface area contributed by atoms with Crippen LogP contribution >= 0.6 is 27.6 Å². The van der Waals surface area contributed by atoms with E-state index in [4.69, 9.17) is 8.91 Å². The molecule has 0 saturated carbocycles. The first-order chi connectivity index (χ1) is 6.88. The van der Waals surface area contributed by atoms with Crippen molar-refractivity contribution in [1.82, 2.24) is 0 Å². The quantitative estimate of drug-likeness (QED) is 0.634. The molecule has 70 valence electrons. The molecule has 0 saturated heterocycles. The van der Waals surface area contributed by atoms with Gasteiger partial charge in [-0.15, -0.1) is 0 Å². The summed E-state index contributed by atoms with van der Waals surface area (Å²) in [6.45, 7) is 0. The average Bonchev–Trinajstić information content (AvgIpc) is 2.55. The maximum absolute atomic E-state index is 6.53. The van der Waals surface area contributed by atoms with Crippen LogP contribution in [0.25, 0.3) is 11.1 Å². The topological polar surface area (TPSA) is 0 Å². The Hall–Kier alpha value is -0.540. The molecule has 0 aromatic heterocycles. The van der Waals surface area contributed by atoms with Crippen LogP contribution in [0, 0.1) is 7.14 Å². The third-order valence-electron chi connectivity index (χ3n) is 2.40. The minimum absolute atomic E-state index is 1.35. The molecule has 2 aromatic rings. The normalized spacial score (nSPS) is 15.1. The molecular formula is C12H8ClI. The van der Waals surface area contributed by atoms with Crippen LogP contribution in [0.2, 0.25) is 0 Å². The predicted molar refractivity (Wildman–Crippen MR) is 69.1 cm³/mol. The second-order valence-corrected chi connectivity index (χ2v) is 8.79. The van der Waals surface area contributed by atoms with Crippen molar-refractivity contribution in [2.75, 3.05) is 0 Å². The van der Waals surface area contributed by atoms with E-state index in [2.05, 4.69) is 48.5 Å². The van der Waals surface area contributed by atoms with Gasteiger partial charge in [0.2, 0.25) is 0 Å². The third-order valence-corrected chi connectivity index (χ3v) is 8.38. The number of fused-ring (bicyclic) bond motifs is 3. The van der Waals surface area contributed by atoms with E-state index in [1.165, 1.54) is 18.3 Å². The molecule has 0 atom stereocenters. The molecule has 0 nitrogen and oxygen atoms in total. The minimum atomic E-state index is -1.55. The van der Waals surface area contributed by atoms with E-state index in [1.54, 1.807) is 0 Å². The van der Waals surface area contributed by atoms with Crippen LogP contribution in [0.15, 0.2) is 48.5 Å². The van der Waals surface area contributed by atoms with Crippen LogP contribution in [0.5, 0.6) is 0 Å². The van der Waals surface area contributed by atoms with E-state index in [9.17, 15) is 0 Å². The first-order valence-electron chi connectivity index (χ1n) is 4.43. The van der Waals surface area contributed by atoms with Gasteiger partial charge in [0.25, 0.3) is 0 Å². The average molecular weight is 315 g/mol. The summed E-state index contributed by atoms with van der Waals surface area (Å²) in [5.74, 6) is 0. The van der Waals surface area contributed by atoms with Crippen molar-refractivity contribution in [3.8, 4) is 11.1 Å². The van der Waals surface area contributed by atoms with Gasteiger partial charge in [0.15, 0.2) is 0 Å². The third kappa shape index (κ3) is 1.12. The Labute approximate surface area is 94.0 Å². The van der Waals surface area contributed by atoms with Gasteiger partial charge in [-0.1, -0.05) is 0 Å². The van der Waals surface area contributed by atoms with Gasteiger partial charge >= 0.3 is 94.4 Å². The van der Waals surface area contributed by atoms with Crippen LogP contribution < -0.4 is 0 Å². The number of rotatable bonds is 0. The molecule has 2 heteroatoms. The fraction of sp³-hybridized carbons (Fsp3) is 0. The van der Waals surface area contributed by atoms with E-state index in [0.29, 0.717) is 0 Å². The Morgan fingerprint density at radius 3 is 1.64 bits per heavy atom. The van der Waals surface area contributed by atoms with Crippen molar-refractivity contribution < 1.29 is 0 Å². The van der Waals surface area contributed by atoms with Gasteiger partial charge in [-0.2, -0.15) is 0 Å². The van der Waals surface area contributed by atoms with Crippen LogP contribution in [-0.4, -0.2) is 0 Å². The van der Waals surface area contributed by atoms with Crippen molar-refractivity contribution in [1.29, 1.82) is 0 Å². The fourth-order valence-corrected chi connectivity index (χ4v) is 7.06. The van der Waals surface area contributed by atoms with Gasteiger partial charge < -0.3 is 0 Å². The Kier molecular flexibility index (Phi) is 2.03. The van der Waals surface area contributed by atoms with Gasteiger partial charge in [-0.25, -0.2) is 0 Å². The number of hydrogen-bond donors (Lipinski definition) is 0. The van der Waals surface area contributed by atoms with Gasteiger partial charge in [-0.3, -0.25) is 0 Å². The summed E-state index contributed by atoms with van der Waals surface area (Å²) in [6, 6.07) is 17.0. The van der Waals surface area contributed by atoms with Gasteiger partial charge in [0.1, 0.15) is 0 Å². The summed E-state index contributed by atoms with van der Waals surface area (Å²) in [7, 11) is 6.53. The molecule has 0 fully saturated rings. The summed E-state index contributed by atoms with van der Waals surface area (Å²) < 4.78 is 2.78. The fourth-order valence-electron chi connectivity index (χ4n) is 1.76. The van der Waals surface area contributed by atoms with Gasteiger partial charge in [0.05, 0.1) is 0 Å². The van der Waals surface area contributed by atoms with Crippen molar-refractivity contribution in [3.05, 3.63) is 55.7 Å². The zero-order valence-corrected chi connectivity index (χ0v) is 10.3. The maximum atomic E-state index is 6.53. The van der Waals surface area contributed by atoms with E-state index in [0.717, 1.165) is 0 Å². The summed E-state index contributed by atoms with van der Waals surface area (Å²) in [6.07, 6.45) is 0. The van der Waals surface area contributed by atoms with Gasteiger partial charge in [-0.05, 0) is 0 Å². The monoisotopic (exact) mass is 314 g/mol. The Morgan fingerprint density at radius 1 is 0.714 bits per heavy atom. The number of benzene rings is 2. The number of hydrogen-bond acceptors (Lipinski definition) is 0. The van der Waals surface area contributed by atoms with Crippen molar-refractivity contribution >= 4 is 27.6 Å². The first-order valence-corrected chi connectivity index (χ1v) is 9.32. The summed E-state index contributed by atoms with van der Waals surface area (Å²) in [4.78, 5) is 0. The molecule has 1 aliphatic heterocycles. The van der Waals surface area contributed by atoms with Crippen LogP contribution in [-0.2, 0) is 0 Å². The first kappa shape index (κ1) is 8.74. The molecule has 1 aliphatic rings. The van der Waals surface area contributed by atoms with Crippen LogP contribution in [0.1, 0.15) is 0 Å². The number of halogens is 2. The second kappa shape index (κ2) is 3.24. The second-order valence-electron chi connectivity index (χ2n) is 3.20. The molecule has 3 rings (SSSR count). The molecule has 0 radical (unpaired) electrons. The van der Waals surface area contributed by atoms with E-state index >= 15 is 0 Å².